The van der Waals surface area contributed by atoms with Gasteiger partial charge in [0.15, 0.2) is 0 Å². The average Bonchev–Trinajstić information content (AvgIpc) is 3.06. The molecule has 2 aliphatic rings. The molecular weight excluding hydrogens is 340 g/mol. The number of carbonyl (C=O) groups excluding carboxylic acids is 1. The first-order valence-electron chi connectivity index (χ1n) is 8.50. The molecule has 0 aliphatic carbocycles. The van der Waals surface area contributed by atoms with E-state index in [1.807, 2.05) is 60.7 Å². The summed E-state index contributed by atoms with van der Waals surface area (Å²) in [6, 6.07) is 3.77. The lowest BCUT2D eigenvalue weighted by Crippen LogP contribution is -2.27. The van der Waals surface area contributed by atoms with Crippen LogP contribution in [0, 0.1) is 0 Å². The van der Waals surface area contributed by atoms with E-state index in [9.17, 15) is 4.79 Å². The molecule has 0 saturated heterocycles. The number of aliphatic imine (C=N–C) groups is 1. The number of nitrogens with two attached hydrogens (primary N) is 1. The number of hydrogen-bond acceptors (Lipinski definition) is 5. The zero-order chi connectivity index (χ0) is 18.9. The summed E-state index contributed by atoms with van der Waals surface area (Å²) >= 11 is 0. The number of nitrogens with zero attached hydrogens (tertiary/aromatic N) is 3. The molecule has 0 saturated carbocycles. The number of fused-ring (bicyclic) bond motifs is 3. The molecule has 6 nitrogen and oxygen atoms in total. The number of rotatable bonds is 1. The van der Waals surface area contributed by atoms with Crippen LogP contribution >= 0.6 is 0 Å². The second kappa shape index (κ2) is 9.15. The van der Waals surface area contributed by atoms with Crippen LogP contribution in [0.5, 0.6) is 5.88 Å². The van der Waals surface area contributed by atoms with Gasteiger partial charge in [-0.2, -0.15) is 0 Å². The van der Waals surface area contributed by atoms with E-state index in [-0.39, 0.29) is 6.10 Å². The first kappa shape index (κ1) is 18.1. The van der Waals surface area contributed by atoms with Gasteiger partial charge in [-0.25, -0.2) is 4.98 Å². The second-order valence-corrected chi connectivity index (χ2v) is 5.73. The fourth-order valence-electron chi connectivity index (χ4n) is 2.57. The number of primary amides is 1. The van der Waals surface area contributed by atoms with Crippen molar-refractivity contribution in [1.29, 1.82) is 0 Å². The highest BCUT2D eigenvalue weighted by molar-refractivity contribution is 5.92. The summed E-state index contributed by atoms with van der Waals surface area (Å²) in [6.07, 6.45) is 23.2. The van der Waals surface area contributed by atoms with Crippen molar-refractivity contribution in [3.8, 4) is 5.88 Å². The van der Waals surface area contributed by atoms with Crippen molar-refractivity contribution in [2.75, 3.05) is 6.54 Å². The van der Waals surface area contributed by atoms with Gasteiger partial charge in [0, 0.05) is 30.4 Å². The Labute approximate surface area is 158 Å². The van der Waals surface area contributed by atoms with Crippen molar-refractivity contribution in [2.45, 2.75) is 6.10 Å². The number of amides is 1. The van der Waals surface area contributed by atoms with E-state index in [2.05, 4.69) is 9.98 Å². The number of allylic oxidation sites excluding steroid dienone is 7. The van der Waals surface area contributed by atoms with Crippen LogP contribution in [-0.2, 0) is 4.79 Å². The maximum atomic E-state index is 11.7. The molecular formula is C21H20N4O2. The van der Waals surface area contributed by atoms with Gasteiger partial charge in [-0.1, -0.05) is 36.5 Å². The summed E-state index contributed by atoms with van der Waals surface area (Å²) in [5.74, 6) is -0.0207. The average molecular weight is 360 g/mol. The van der Waals surface area contributed by atoms with Crippen molar-refractivity contribution in [1.82, 2.24) is 9.88 Å². The van der Waals surface area contributed by atoms with E-state index in [1.54, 1.807) is 35.8 Å². The number of aromatic nitrogens is 1. The molecule has 27 heavy (non-hydrogen) atoms. The van der Waals surface area contributed by atoms with Gasteiger partial charge in [0.1, 0.15) is 11.8 Å². The lowest BCUT2D eigenvalue weighted by molar-refractivity contribution is -0.115. The summed E-state index contributed by atoms with van der Waals surface area (Å²) in [7, 11) is 0. The van der Waals surface area contributed by atoms with Crippen LogP contribution in [0.15, 0.2) is 90.0 Å². The van der Waals surface area contributed by atoms with Crippen molar-refractivity contribution in [2.24, 2.45) is 10.7 Å². The molecule has 1 unspecified atom stereocenters. The van der Waals surface area contributed by atoms with Gasteiger partial charge in [0.2, 0.25) is 5.88 Å². The predicted octanol–water partition coefficient (Wildman–Crippen LogP) is 2.75. The summed E-state index contributed by atoms with van der Waals surface area (Å²) in [4.78, 5) is 21.9. The van der Waals surface area contributed by atoms with Gasteiger partial charge < -0.3 is 15.4 Å². The van der Waals surface area contributed by atoms with E-state index in [1.165, 1.54) is 0 Å². The molecule has 136 valence electrons. The van der Waals surface area contributed by atoms with E-state index in [0.717, 1.165) is 5.56 Å². The highest BCUT2D eigenvalue weighted by atomic mass is 16.5. The monoisotopic (exact) mass is 360 g/mol. The van der Waals surface area contributed by atoms with Crippen LogP contribution in [-0.4, -0.2) is 34.7 Å². The largest absolute Gasteiger partial charge is 0.468 e. The van der Waals surface area contributed by atoms with Crippen molar-refractivity contribution in [3.63, 3.8) is 0 Å². The van der Waals surface area contributed by atoms with Gasteiger partial charge in [0.25, 0.3) is 5.91 Å². The summed E-state index contributed by atoms with van der Waals surface area (Å²) in [5.41, 5.74) is 6.71. The van der Waals surface area contributed by atoms with E-state index < -0.39 is 5.91 Å². The van der Waals surface area contributed by atoms with Crippen LogP contribution in [0.1, 0.15) is 5.56 Å². The van der Waals surface area contributed by atoms with Crippen LogP contribution in [0.3, 0.4) is 0 Å². The lowest BCUT2D eigenvalue weighted by atomic mass is 10.2. The number of hydrogen-bond donors (Lipinski definition) is 1. The van der Waals surface area contributed by atoms with E-state index >= 15 is 0 Å². The first-order valence-corrected chi connectivity index (χ1v) is 8.50. The molecule has 2 aliphatic heterocycles. The number of pyridine rings is 1. The number of carbonyl (C=O) groups is 1. The first-order chi connectivity index (χ1) is 13.2. The fraction of sp³-hybridized carbons (Fsp3) is 0.0952. The topological polar surface area (TPSA) is 80.8 Å². The summed E-state index contributed by atoms with van der Waals surface area (Å²) in [6.45, 7) is 0.447. The fourth-order valence-corrected chi connectivity index (χ4v) is 2.57. The minimum absolute atomic E-state index is 0.347. The molecule has 3 rings (SSSR count). The Morgan fingerprint density at radius 2 is 1.93 bits per heavy atom. The van der Waals surface area contributed by atoms with Crippen LogP contribution in [0.2, 0.25) is 0 Å². The molecule has 2 bridgehead atoms. The molecule has 1 atom stereocenters. The van der Waals surface area contributed by atoms with Gasteiger partial charge in [-0.05, 0) is 30.4 Å². The van der Waals surface area contributed by atoms with Crippen LogP contribution in [0.25, 0.3) is 6.08 Å². The molecule has 0 spiro atoms. The maximum absolute atomic E-state index is 11.7. The Morgan fingerprint density at radius 3 is 2.74 bits per heavy atom. The van der Waals surface area contributed by atoms with Crippen LogP contribution in [0.4, 0.5) is 0 Å². The molecule has 0 aromatic carbocycles. The smallest absolute Gasteiger partial charge is 0.265 e. The third-order valence-corrected chi connectivity index (χ3v) is 3.79. The zero-order valence-corrected chi connectivity index (χ0v) is 14.7. The van der Waals surface area contributed by atoms with Gasteiger partial charge in [0.05, 0.1) is 6.54 Å². The van der Waals surface area contributed by atoms with Gasteiger partial charge in [-0.15, -0.1) is 0 Å². The third-order valence-electron chi connectivity index (χ3n) is 3.79. The van der Waals surface area contributed by atoms with Crippen molar-refractivity contribution < 1.29 is 9.53 Å². The Bertz CT molecular complexity index is 891. The standard InChI is InChI=1S/C21H20N4O2/c22-20(26)19-15-18-16-25(19)14-13-23-11-7-5-3-1-2-4-6-9-17-10-8-12-24-21(17)27-18/h1-15,18H,16H2,(H2,22,26)/b3-1-,4-2-,7-5-,9-6-,14-13-,23-11-. The molecule has 1 aromatic heterocycles. The Balaban J connectivity index is 1.92. The molecule has 1 amide bonds. The van der Waals surface area contributed by atoms with Gasteiger partial charge in [-0.3, -0.25) is 9.79 Å². The molecule has 2 N–H and O–H groups in total. The predicted molar refractivity (Wildman–Crippen MR) is 107 cm³/mol. The van der Waals surface area contributed by atoms with E-state index in [0.29, 0.717) is 18.1 Å². The maximum Gasteiger partial charge on any atom is 0.265 e. The summed E-state index contributed by atoms with van der Waals surface area (Å²) in [5, 5.41) is 0. The normalized spacial score (nSPS) is 26.3. The Kier molecular flexibility index (Phi) is 6.14. The Hall–Kier alpha value is -3.67. The van der Waals surface area contributed by atoms with Crippen molar-refractivity contribution >= 4 is 18.2 Å². The minimum Gasteiger partial charge on any atom is -0.468 e. The van der Waals surface area contributed by atoms with Gasteiger partial charge >= 0.3 is 0 Å². The minimum atomic E-state index is -0.517. The molecule has 0 radical (unpaired) electrons. The molecule has 3 heterocycles. The summed E-state index contributed by atoms with van der Waals surface area (Å²) < 4.78 is 6.00. The van der Waals surface area contributed by atoms with Crippen molar-refractivity contribution in [3.05, 3.63) is 90.6 Å². The quantitative estimate of drug-likeness (QED) is 0.835. The third kappa shape index (κ3) is 5.15. The Morgan fingerprint density at radius 1 is 1.15 bits per heavy atom. The zero-order valence-electron chi connectivity index (χ0n) is 14.7. The lowest BCUT2D eigenvalue weighted by Gasteiger charge is -2.17. The molecule has 1 aromatic rings. The van der Waals surface area contributed by atoms with E-state index in [4.69, 9.17) is 10.5 Å². The number of ether oxygens (including phenoxy) is 1. The second-order valence-electron chi connectivity index (χ2n) is 5.73. The molecule has 0 fully saturated rings. The highest BCUT2D eigenvalue weighted by Gasteiger charge is 2.27. The highest BCUT2D eigenvalue weighted by Crippen LogP contribution is 2.23. The van der Waals surface area contributed by atoms with Crippen LogP contribution < -0.4 is 10.5 Å². The molecule has 6 heteroatoms. The SMILES string of the molecule is NC(=O)C1=CC2CN1\C=C/N=C\C=C/C=C\C=C/C=C\c1cccnc1O2.